The fourth-order valence-electron chi connectivity index (χ4n) is 0.538. The maximum Gasteiger partial charge on any atom is 0.318 e. The number of hydrogen-bond donors (Lipinski definition) is 0. The Morgan fingerprint density at radius 3 is 2.36 bits per heavy atom. The summed E-state index contributed by atoms with van der Waals surface area (Å²) in [6.45, 7) is 7.21. The standard InChI is InChI=1S/C9H14O2/c1-5-6-7-8(10)11-9(2,3)4/h7H2,1-4H3. The molecular formula is C9H14O2. The summed E-state index contributed by atoms with van der Waals surface area (Å²) in [5.41, 5.74) is -0.396. The van der Waals surface area contributed by atoms with Gasteiger partial charge in [0.15, 0.2) is 0 Å². The summed E-state index contributed by atoms with van der Waals surface area (Å²) >= 11 is 0. The van der Waals surface area contributed by atoms with Gasteiger partial charge in [0.2, 0.25) is 0 Å². The van der Waals surface area contributed by atoms with Gasteiger partial charge in [-0.05, 0) is 27.7 Å². The van der Waals surface area contributed by atoms with Gasteiger partial charge < -0.3 is 4.74 Å². The van der Waals surface area contributed by atoms with Crippen LogP contribution in [0.3, 0.4) is 0 Å². The lowest BCUT2D eigenvalue weighted by Gasteiger charge is -2.18. The third kappa shape index (κ3) is 6.92. The molecule has 0 aliphatic rings. The summed E-state index contributed by atoms with van der Waals surface area (Å²) in [4.78, 5) is 10.9. The molecule has 0 aromatic rings. The highest BCUT2D eigenvalue weighted by molar-refractivity contribution is 5.72. The van der Waals surface area contributed by atoms with E-state index in [1.807, 2.05) is 20.8 Å². The van der Waals surface area contributed by atoms with Crippen LogP contribution in [0.15, 0.2) is 0 Å². The number of rotatable bonds is 1. The van der Waals surface area contributed by atoms with E-state index in [1.54, 1.807) is 6.92 Å². The normalized spacial score (nSPS) is 9.82. The molecule has 0 saturated heterocycles. The maximum atomic E-state index is 10.9. The van der Waals surface area contributed by atoms with Gasteiger partial charge in [-0.15, -0.1) is 5.92 Å². The molecule has 0 heterocycles. The van der Waals surface area contributed by atoms with Crippen LogP contribution < -0.4 is 0 Å². The molecule has 2 nitrogen and oxygen atoms in total. The molecule has 0 aromatic heterocycles. The molecule has 0 aromatic carbocycles. The predicted octanol–water partition coefficient (Wildman–Crippen LogP) is 1.74. The van der Waals surface area contributed by atoms with Crippen molar-refractivity contribution in [2.24, 2.45) is 0 Å². The molecular weight excluding hydrogens is 140 g/mol. The molecule has 0 rings (SSSR count). The number of hydrogen-bond acceptors (Lipinski definition) is 2. The third-order valence-electron chi connectivity index (χ3n) is 0.830. The Labute approximate surface area is 67.9 Å². The van der Waals surface area contributed by atoms with Crippen LogP contribution in [0, 0.1) is 11.8 Å². The lowest BCUT2D eigenvalue weighted by atomic mass is 10.2. The zero-order valence-electron chi connectivity index (χ0n) is 7.52. The highest BCUT2D eigenvalue weighted by Gasteiger charge is 2.14. The van der Waals surface area contributed by atoms with Gasteiger partial charge in [0.05, 0.1) is 0 Å². The van der Waals surface area contributed by atoms with Crippen molar-refractivity contribution in [3.63, 3.8) is 0 Å². The first-order valence-corrected chi connectivity index (χ1v) is 3.57. The van der Waals surface area contributed by atoms with Crippen molar-refractivity contribution in [1.29, 1.82) is 0 Å². The van der Waals surface area contributed by atoms with Crippen molar-refractivity contribution in [3.05, 3.63) is 0 Å². The van der Waals surface area contributed by atoms with Crippen LogP contribution in [0.1, 0.15) is 34.1 Å². The zero-order chi connectivity index (χ0) is 8.91. The first-order chi connectivity index (χ1) is 4.95. The average molecular weight is 154 g/mol. The minimum atomic E-state index is -0.396. The van der Waals surface area contributed by atoms with Crippen LogP contribution in [-0.4, -0.2) is 11.6 Å². The Kier molecular flexibility index (Phi) is 3.67. The van der Waals surface area contributed by atoms with Gasteiger partial charge in [0.1, 0.15) is 12.0 Å². The quantitative estimate of drug-likeness (QED) is 0.425. The molecule has 0 radical (unpaired) electrons. The molecule has 0 unspecified atom stereocenters. The van der Waals surface area contributed by atoms with Crippen LogP contribution in [0.5, 0.6) is 0 Å². The van der Waals surface area contributed by atoms with Crippen LogP contribution >= 0.6 is 0 Å². The van der Waals surface area contributed by atoms with Crippen LogP contribution in [-0.2, 0) is 9.53 Å². The highest BCUT2D eigenvalue weighted by Crippen LogP contribution is 2.07. The smallest absolute Gasteiger partial charge is 0.318 e. The van der Waals surface area contributed by atoms with Crippen molar-refractivity contribution in [2.75, 3.05) is 0 Å². The summed E-state index contributed by atoms with van der Waals surface area (Å²) < 4.78 is 5.00. The van der Waals surface area contributed by atoms with Crippen molar-refractivity contribution in [3.8, 4) is 11.8 Å². The molecule has 2 heteroatoms. The Hall–Kier alpha value is -0.970. The lowest BCUT2D eigenvalue weighted by molar-refractivity contribution is -0.153. The van der Waals surface area contributed by atoms with E-state index >= 15 is 0 Å². The minimum Gasteiger partial charge on any atom is -0.459 e. The van der Waals surface area contributed by atoms with Gasteiger partial charge in [-0.25, -0.2) is 0 Å². The van der Waals surface area contributed by atoms with E-state index in [1.165, 1.54) is 0 Å². The van der Waals surface area contributed by atoms with Gasteiger partial charge >= 0.3 is 5.97 Å². The monoisotopic (exact) mass is 154 g/mol. The summed E-state index contributed by atoms with van der Waals surface area (Å²) in [6, 6.07) is 0. The number of carbonyl (C=O) groups excluding carboxylic acids is 1. The van der Waals surface area contributed by atoms with Gasteiger partial charge in [0, 0.05) is 0 Å². The summed E-state index contributed by atoms with van der Waals surface area (Å²) in [6.07, 6.45) is 0.188. The molecule has 0 aliphatic carbocycles. The van der Waals surface area contributed by atoms with E-state index in [-0.39, 0.29) is 12.4 Å². The first kappa shape index (κ1) is 10.0. The van der Waals surface area contributed by atoms with Crippen LogP contribution in [0.2, 0.25) is 0 Å². The molecule has 62 valence electrons. The van der Waals surface area contributed by atoms with Gasteiger partial charge in [0.25, 0.3) is 0 Å². The number of ether oxygens (including phenoxy) is 1. The first-order valence-electron chi connectivity index (χ1n) is 3.57. The highest BCUT2D eigenvalue weighted by atomic mass is 16.6. The molecule has 0 saturated carbocycles. The predicted molar refractivity (Wildman–Crippen MR) is 43.9 cm³/mol. The maximum absolute atomic E-state index is 10.9. The second-order valence-corrected chi connectivity index (χ2v) is 3.19. The largest absolute Gasteiger partial charge is 0.459 e. The van der Waals surface area contributed by atoms with Crippen molar-refractivity contribution in [1.82, 2.24) is 0 Å². The minimum absolute atomic E-state index is 0.188. The number of carbonyl (C=O) groups is 1. The van der Waals surface area contributed by atoms with Crippen molar-refractivity contribution >= 4 is 5.97 Å². The molecule has 0 N–H and O–H groups in total. The Morgan fingerprint density at radius 1 is 1.45 bits per heavy atom. The zero-order valence-corrected chi connectivity index (χ0v) is 7.52. The lowest BCUT2D eigenvalue weighted by Crippen LogP contribution is -2.23. The summed E-state index contributed by atoms with van der Waals surface area (Å²) in [7, 11) is 0. The topological polar surface area (TPSA) is 26.3 Å². The van der Waals surface area contributed by atoms with E-state index in [0.29, 0.717) is 0 Å². The molecule has 11 heavy (non-hydrogen) atoms. The summed E-state index contributed by atoms with van der Waals surface area (Å²) in [5, 5.41) is 0. The van der Waals surface area contributed by atoms with Crippen molar-refractivity contribution in [2.45, 2.75) is 39.7 Å². The molecule has 0 bridgehead atoms. The third-order valence-corrected chi connectivity index (χ3v) is 0.830. The molecule has 0 aliphatic heterocycles. The molecule has 0 atom stereocenters. The van der Waals surface area contributed by atoms with E-state index in [9.17, 15) is 4.79 Å². The van der Waals surface area contributed by atoms with Crippen LogP contribution in [0.4, 0.5) is 0 Å². The Morgan fingerprint density at radius 2 is 2.00 bits per heavy atom. The number of esters is 1. The fourth-order valence-corrected chi connectivity index (χ4v) is 0.538. The SMILES string of the molecule is CC#CCC(=O)OC(C)(C)C. The average Bonchev–Trinajstić information content (AvgIpc) is 1.79. The molecule has 0 amide bonds. The van der Waals surface area contributed by atoms with E-state index in [0.717, 1.165) is 0 Å². The van der Waals surface area contributed by atoms with Gasteiger partial charge in [-0.2, -0.15) is 0 Å². The summed E-state index contributed by atoms with van der Waals surface area (Å²) in [5.74, 6) is 5.02. The second kappa shape index (κ2) is 4.02. The van der Waals surface area contributed by atoms with Gasteiger partial charge in [-0.3, -0.25) is 4.79 Å². The van der Waals surface area contributed by atoms with Crippen molar-refractivity contribution < 1.29 is 9.53 Å². The fraction of sp³-hybridized carbons (Fsp3) is 0.667. The van der Waals surface area contributed by atoms with E-state index in [2.05, 4.69) is 11.8 Å². The van der Waals surface area contributed by atoms with E-state index < -0.39 is 5.60 Å². The Bertz CT molecular complexity index is 188. The second-order valence-electron chi connectivity index (χ2n) is 3.19. The molecule has 0 spiro atoms. The molecule has 0 fully saturated rings. The Balaban J connectivity index is 3.77. The van der Waals surface area contributed by atoms with Crippen LogP contribution in [0.25, 0.3) is 0 Å². The van der Waals surface area contributed by atoms with Gasteiger partial charge in [-0.1, -0.05) is 5.92 Å². The van der Waals surface area contributed by atoms with E-state index in [4.69, 9.17) is 4.74 Å².